The molecule has 2 amide bonds. The summed E-state index contributed by atoms with van der Waals surface area (Å²) in [6.45, 7) is 6.27. The van der Waals surface area contributed by atoms with Crippen molar-refractivity contribution in [2.24, 2.45) is 11.8 Å². The van der Waals surface area contributed by atoms with E-state index in [0.29, 0.717) is 11.5 Å². The number of hydrogen-bond acceptors (Lipinski definition) is 4. The summed E-state index contributed by atoms with van der Waals surface area (Å²) in [5.74, 6) is 0.779. The molecule has 2 heterocycles. The van der Waals surface area contributed by atoms with Crippen molar-refractivity contribution >= 4 is 44.8 Å². The van der Waals surface area contributed by atoms with E-state index < -0.39 is 0 Å². The molecule has 1 aromatic carbocycles. The summed E-state index contributed by atoms with van der Waals surface area (Å²) in [7, 11) is 0. The molecule has 148 valence electrons. The third-order valence-corrected chi connectivity index (χ3v) is 7.12. The van der Waals surface area contributed by atoms with Crippen LogP contribution in [0.5, 0.6) is 0 Å². The Morgan fingerprint density at radius 1 is 1.11 bits per heavy atom. The molecule has 2 unspecified atom stereocenters. The van der Waals surface area contributed by atoms with Crippen LogP contribution < -0.4 is 5.32 Å². The van der Waals surface area contributed by atoms with Gasteiger partial charge in [0, 0.05) is 54.8 Å². The lowest BCUT2D eigenvalue weighted by molar-refractivity contribution is -0.117. The van der Waals surface area contributed by atoms with Gasteiger partial charge in [0.25, 0.3) is 5.91 Å². The van der Waals surface area contributed by atoms with Crippen LogP contribution >= 0.6 is 27.3 Å². The fourth-order valence-corrected chi connectivity index (χ4v) is 5.09. The average Bonchev–Trinajstić information content (AvgIpc) is 3.30. The summed E-state index contributed by atoms with van der Waals surface area (Å²) >= 11 is 5.27. The van der Waals surface area contributed by atoms with Gasteiger partial charge in [0.2, 0.25) is 5.91 Å². The Morgan fingerprint density at radius 2 is 1.79 bits per heavy atom. The van der Waals surface area contributed by atoms with Crippen LogP contribution in [0.1, 0.15) is 28.6 Å². The lowest BCUT2D eigenvalue weighted by Crippen LogP contribution is -2.48. The first-order chi connectivity index (χ1) is 13.5. The zero-order chi connectivity index (χ0) is 19.7. The topological polar surface area (TPSA) is 52.7 Å². The van der Waals surface area contributed by atoms with E-state index in [2.05, 4.69) is 45.2 Å². The highest BCUT2D eigenvalue weighted by atomic mass is 79.9. The van der Waals surface area contributed by atoms with Crippen LogP contribution in [-0.2, 0) is 11.3 Å². The number of nitrogens with zero attached hydrogens (tertiary/aromatic N) is 2. The molecule has 2 aromatic rings. The van der Waals surface area contributed by atoms with Gasteiger partial charge in [0.15, 0.2) is 0 Å². The van der Waals surface area contributed by atoms with Gasteiger partial charge in [-0.2, -0.15) is 0 Å². The zero-order valence-electron chi connectivity index (χ0n) is 15.9. The zero-order valence-corrected chi connectivity index (χ0v) is 18.3. The van der Waals surface area contributed by atoms with Crippen molar-refractivity contribution in [2.75, 3.05) is 31.5 Å². The van der Waals surface area contributed by atoms with Gasteiger partial charge in [-0.1, -0.05) is 6.92 Å². The normalized spacial score (nSPS) is 22.1. The third kappa shape index (κ3) is 4.64. The van der Waals surface area contributed by atoms with Gasteiger partial charge in [-0.05, 0) is 64.7 Å². The third-order valence-electron chi connectivity index (χ3n) is 5.51. The first-order valence-electron chi connectivity index (χ1n) is 9.66. The van der Waals surface area contributed by atoms with E-state index in [1.54, 1.807) is 11.3 Å². The molecule has 2 atom stereocenters. The molecule has 1 aromatic heterocycles. The van der Waals surface area contributed by atoms with Gasteiger partial charge < -0.3 is 10.2 Å². The van der Waals surface area contributed by atoms with E-state index in [-0.39, 0.29) is 17.7 Å². The van der Waals surface area contributed by atoms with Crippen LogP contribution in [0.4, 0.5) is 5.69 Å². The highest BCUT2D eigenvalue weighted by molar-refractivity contribution is 9.11. The lowest BCUT2D eigenvalue weighted by Gasteiger charge is -2.34. The molecule has 1 aliphatic heterocycles. The summed E-state index contributed by atoms with van der Waals surface area (Å²) in [5, 5.41) is 2.94. The average molecular weight is 462 g/mol. The van der Waals surface area contributed by atoms with E-state index in [4.69, 9.17) is 0 Å². The molecule has 2 aliphatic rings. The molecule has 28 heavy (non-hydrogen) atoms. The summed E-state index contributed by atoms with van der Waals surface area (Å²) in [5.41, 5.74) is 1.43. The van der Waals surface area contributed by atoms with E-state index in [9.17, 15) is 9.59 Å². The molecule has 1 aliphatic carbocycles. The van der Waals surface area contributed by atoms with Crippen LogP contribution in [0.3, 0.4) is 0 Å². The van der Waals surface area contributed by atoms with Crippen LogP contribution in [0.15, 0.2) is 40.2 Å². The molecular formula is C21H24BrN3O2S. The highest BCUT2D eigenvalue weighted by Gasteiger charge is 2.39. The quantitative estimate of drug-likeness (QED) is 0.729. The van der Waals surface area contributed by atoms with Gasteiger partial charge in [0.05, 0.1) is 3.79 Å². The Kier molecular flexibility index (Phi) is 5.85. The summed E-state index contributed by atoms with van der Waals surface area (Å²) in [6.07, 6.45) is 0.970. The Morgan fingerprint density at radius 3 is 2.36 bits per heavy atom. The highest BCUT2D eigenvalue weighted by Crippen LogP contribution is 2.38. The number of anilines is 1. The van der Waals surface area contributed by atoms with Crippen molar-refractivity contribution in [3.63, 3.8) is 0 Å². The summed E-state index contributed by atoms with van der Waals surface area (Å²) in [4.78, 5) is 30.4. The van der Waals surface area contributed by atoms with E-state index >= 15 is 0 Å². The van der Waals surface area contributed by atoms with Gasteiger partial charge in [0.1, 0.15) is 0 Å². The largest absolute Gasteiger partial charge is 0.336 e. The number of carbonyl (C=O) groups is 2. The van der Waals surface area contributed by atoms with Crippen molar-refractivity contribution in [3.05, 3.63) is 50.6 Å². The number of piperazine rings is 1. The van der Waals surface area contributed by atoms with Crippen LogP contribution in [-0.4, -0.2) is 47.8 Å². The first kappa shape index (κ1) is 19.6. The number of amides is 2. The number of hydrogen-bond donors (Lipinski definition) is 1. The summed E-state index contributed by atoms with van der Waals surface area (Å²) in [6, 6.07) is 11.5. The smallest absolute Gasteiger partial charge is 0.253 e. The minimum absolute atomic E-state index is 0.0622. The predicted molar refractivity (Wildman–Crippen MR) is 116 cm³/mol. The van der Waals surface area contributed by atoms with E-state index in [0.717, 1.165) is 48.6 Å². The maximum atomic E-state index is 12.8. The molecule has 4 rings (SSSR count). The van der Waals surface area contributed by atoms with Crippen molar-refractivity contribution in [1.82, 2.24) is 9.80 Å². The maximum Gasteiger partial charge on any atom is 0.253 e. The number of thiophene rings is 1. The Labute approximate surface area is 177 Å². The molecule has 0 radical (unpaired) electrons. The van der Waals surface area contributed by atoms with Crippen molar-refractivity contribution in [1.29, 1.82) is 0 Å². The fraction of sp³-hybridized carbons (Fsp3) is 0.429. The molecule has 5 nitrogen and oxygen atoms in total. The van der Waals surface area contributed by atoms with Gasteiger partial charge in [-0.15, -0.1) is 11.3 Å². The number of benzene rings is 1. The molecule has 1 N–H and O–H groups in total. The first-order valence-corrected chi connectivity index (χ1v) is 11.3. The molecule has 1 saturated carbocycles. The standard InChI is InChI=1S/C21H24BrN3O2S/c1-14-12-18(14)20(26)23-16-4-2-15(3-5-16)21(27)25-10-8-24(9-11-25)13-17-6-7-19(22)28-17/h2-7,14,18H,8-13H2,1H3,(H,23,26). The number of rotatable bonds is 5. The Balaban J connectivity index is 1.28. The Hall–Kier alpha value is -1.70. The molecule has 7 heteroatoms. The van der Waals surface area contributed by atoms with Crippen LogP contribution in [0, 0.1) is 11.8 Å². The summed E-state index contributed by atoms with van der Waals surface area (Å²) < 4.78 is 1.16. The number of nitrogens with one attached hydrogen (secondary N) is 1. The molecule has 2 fully saturated rings. The molecule has 1 saturated heterocycles. The SMILES string of the molecule is CC1CC1C(=O)Nc1ccc(C(=O)N2CCN(Cc3ccc(Br)s3)CC2)cc1. The Bertz CT molecular complexity index is 859. The second kappa shape index (κ2) is 8.35. The van der Waals surface area contributed by atoms with Gasteiger partial charge in [-0.25, -0.2) is 0 Å². The van der Waals surface area contributed by atoms with E-state index in [1.807, 2.05) is 29.2 Å². The minimum Gasteiger partial charge on any atom is -0.336 e. The monoisotopic (exact) mass is 461 g/mol. The van der Waals surface area contributed by atoms with Crippen molar-refractivity contribution < 1.29 is 9.59 Å². The van der Waals surface area contributed by atoms with Gasteiger partial charge in [-0.3, -0.25) is 14.5 Å². The fourth-order valence-electron chi connectivity index (χ4n) is 3.57. The van der Waals surface area contributed by atoms with Crippen molar-refractivity contribution in [3.8, 4) is 0 Å². The predicted octanol–water partition coefficient (Wildman–Crippen LogP) is 4.06. The molecular weight excluding hydrogens is 438 g/mol. The van der Waals surface area contributed by atoms with Crippen LogP contribution in [0.25, 0.3) is 0 Å². The van der Waals surface area contributed by atoms with Crippen LogP contribution in [0.2, 0.25) is 0 Å². The second-order valence-corrected chi connectivity index (χ2v) is 10.2. The maximum absolute atomic E-state index is 12.8. The second-order valence-electron chi connectivity index (χ2n) is 7.66. The molecule has 0 bridgehead atoms. The minimum atomic E-state index is 0.0622. The van der Waals surface area contributed by atoms with Crippen molar-refractivity contribution in [2.45, 2.75) is 19.9 Å². The van der Waals surface area contributed by atoms with Gasteiger partial charge >= 0.3 is 0 Å². The lowest BCUT2D eigenvalue weighted by atomic mass is 10.1. The number of halogens is 1. The molecule has 0 spiro atoms. The number of carbonyl (C=O) groups excluding carboxylic acids is 2. The van der Waals surface area contributed by atoms with E-state index in [1.165, 1.54) is 4.88 Å².